The Morgan fingerprint density at radius 1 is 0.810 bits per heavy atom. The third-order valence-corrected chi connectivity index (χ3v) is 3.82. The molecule has 21 heavy (non-hydrogen) atoms. The second kappa shape index (κ2) is 7.96. The van der Waals surface area contributed by atoms with Crippen molar-refractivity contribution in [2.24, 2.45) is 11.7 Å². The highest BCUT2D eigenvalue weighted by molar-refractivity contribution is 5.17. The molecule has 0 saturated heterocycles. The van der Waals surface area contributed by atoms with Crippen LogP contribution >= 0.6 is 0 Å². The van der Waals surface area contributed by atoms with Crippen LogP contribution in [0.15, 0.2) is 60.7 Å². The van der Waals surface area contributed by atoms with E-state index in [9.17, 15) is 0 Å². The summed E-state index contributed by atoms with van der Waals surface area (Å²) in [5.41, 5.74) is 8.96. The zero-order valence-corrected chi connectivity index (χ0v) is 13.1. The van der Waals surface area contributed by atoms with Crippen molar-refractivity contribution in [2.75, 3.05) is 6.54 Å². The second-order valence-electron chi connectivity index (χ2n) is 6.05. The lowest BCUT2D eigenvalue weighted by Crippen LogP contribution is -2.40. The summed E-state index contributed by atoms with van der Waals surface area (Å²) in [5, 5.41) is 0. The molecule has 0 radical (unpaired) electrons. The molecule has 0 aromatic heterocycles. The van der Waals surface area contributed by atoms with Crippen molar-refractivity contribution in [1.82, 2.24) is 4.90 Å². The van der Waals surface area contributed by atoms with E-state index in [-0.39, 0.29) is 6.04 Å². The van der Waals surface area contributed by atoms with Crippen LogP contribution in [0.2, 0.25) is 0 Å². The van der Waals surface area contributed by atoms with Crippen LogP contribution in [0, 0.1) is 5.92 Å². The number of hydrogen-bond acceptors (Lipinski definition) is 2. The average molecular weight is 282 g/mol. The molecule has 2 nitrogen and oxygen atoms in total. The van der Waals surface area contributed by atoms with Gasteiger partial charge in [-0.05, 0) is 17.0 Å². The van der Waals surface area contributed by atoms with Gasteiger partial charge in [0, 0.05) is 25.7 Å². The van der Waals surface area contributed by atoms with Crippen molar-refractivity contribution >= 4 is 0 Å². The van der Waals surface area contributed by atoms with Crippen LogP contribution < -0.4 is 5.73 Å². The van der Waals surface area contributed by atoms with Gasteiger partial charge in [0.1, 0.15) is 0 Å². The van der Waals surface area contributed by atoms with Crippen molar-refractivity contribution in [3.05, 3.63) is 71.8 Å². The number of rotatable bonds is 7. The van der Waals surface area contributed by atoms with E-state index >= 15 is 0 Å². The predicted molar refractivity (Wildman–Crippen MR) is 89.8 cm³/mol. The molecule has 0 saturated carbocycles. The summed E-state index contributed by atoms with van der Waals surface area (Å²) in [4.78, 5) is 2.44. The van der Waals surface area contributed by atoms with Crippen LogP contribution in [0.5, 0.6) is 0 Å². The van der Waals surface area contributed by atoms with Crippen molar-refractivity contribution in [1.29, 1.82) is 0 Å². The monoisotopic (exact) mass is 282 g/mol. The molecule has 2 aromatic carbocycles. The van der Waals surface area contributed by atoms with Crippen molar-refractivity contribution in [2.45, 2.75) is 33.0 Å². The smallest absolute Gasteiger partial charge is 0.0237 e. The molecule has 0 aliphatic heterocycles. The molecule has 0 bridgehead atoms. The quantitative estimate of drug-likeness (QED) is 0.839. The molecule has 2 heteroatoms. The molecule has 2 aromatic rings. The Kier molecular flexibility index (Phi) is 5.97. The van der Waals surface area contributed by atoms with Crippen LogP contribution in [0.3, 0.4) is 0 Å². The van der Waals surface area contributed by atoms with E-state index in [2.05, 4.69) is 79.4 Å². The minimum absolute atomic E-state index is 0.206. The highest BCUT2D eigenvalue weighted by atomic mass is 15.1. The lowest BCUT2D eigenvalue weighted by atomic mass is 10.0. The van der Waals surface area contributed by atoms with Gasteiger partial charge in [-0.2, -0.15) is 0 Å². The van der Waals surface area contributed by atoms with Gasteiger partial charge >= 0.3 is 0 Å². The van der Waals surface area contributed by atoms with Gasteiger partial charge in [0.05, 0.1) is 0 Å². The highest BCUT2D eigenvalue weighted by Crippen LogP contribution is 2.12. The topological polar surface area (TPSA) is 29.3 Å². The third-order valence-electron chi connectivity index (χ3n) is 3.82. The van der Waals surface area contributed by atoms with E-state index in [1.807, 2.05) is 0 Å². The Bertz CT molecular complexity index is 466. The van der Waals surface area contributed by atoms with Crippen LogP contribution in [0.4, 0.5) is 0 Å². The van der Waals surface area contributed by atoms with Crippen LogP contribution in [-0.4, -0.2) is 17.5 Å². The van der Waals surface area contributed by atoms with Gasteiger partial charge in [-0.15, -0.1) is 0 Å². The summed E-state index contributed by atoms with van der Waals surface area (Å²) >= 11 is 0. The van der Waals surface area contributed by atoms with Gasteiger partial charge in [-0.3, -0.25) is 4.90 Å². The van der Waals surface area contributed by atoms with Crippen LogP contribution in [-0.2, 0) is 13.1 Å². The van der Waals surface area contributed by atoms with E-state index in [1.165, 1.54) is 11.1 Å². The maximum atomic E-state index is 6.28. The number of hydrogen-bond donors (Lipinski definition) is 1. The van der Waals surface area contributed by atoms with E-state index in [1.54, 1.807) is 0 Å². The fourth-order valence-electron chi connectivity index (χ4n) is 2.38. The Balaban J connectivity index is 2.06. The van der Waals surface area contributed by atoms with Crippen LogP contribution in [0.25, 0.3) is 0 Å². The molecule has 0 heterocycles. The average Bonchev–Trinajstić information content (AvgIpc) is 2.49. The Morgan fingerprint density at radius 2 is 1.24 bits per heavy atom. The summed E-state index contributed by atoms with van der Waals surface area (Å²) in [6, 6.07) is 21.4. The van der Waals surface area contributed by atoms with Gasteiger partial charge in [0.25, 0.3) is 0 Å². The Morgan fingerprint density at radius 3 is 1.62 bits per heavy atom. The van der Waals surface area contributed by atoms with Gasteiger partial charge in [0.2, 0.25) is 0 Å². The standard InChI is InChI=1S/C19H26N2/c1-16(2)19(20)15-21(13-17-9-5-3-6-10-17)14-18-11-7-4-8-12-18/h3-12,16,19H,13-15,20H2,1-2H3. The fraction of sp³-hybridized carbons (Fsp3) is 0.368. The van der Waals surface area contributed by atoms with E-state index in [0.29, 0.717) is 5.92 Å². The van der Waals surface area contributed by atoms with Crippen LogP contribution in [0.1, 0.15) is 25.0 Å². The SMILES string of the molecule is CC(C)C(N)CN(Cc1ccccc1)Cc1ccccc1. The van der Waals surface area contributed by atoms with E-state index in [0.717, 1.165) is 19.6 Å². The summed E-state index contributed by atoms with van der Waals surface area (Å²) < 4.78 is 0. The van der Waals surface area contributed by atoms with Gasteiger partial charge in [0.15, 0.2) is 0 Å². The number of benzene rings is 2. The summed E-state index contributed by atoms with van der Waals surface area (Å²) in [5.74, 6) is 0.499. The van der Waals surface area contributed by atoms with Gasteiger partial charge in [-0.1, -0.05) is 74.5 Å². The largest absolute Gasteiger partial charge is 0.326 e. The first-order chi connectivity index (χ1) is 10.1. The van der Waals surface area contributed by atoms with Crippen molar-refractivity contribution in [3.8, 4) is 0 Å². The zero-order valence-electron chi connectivity index (χ0n) is 13.1. The lowest BCUT2D eigenvalue weighted by molar-refractivity contribution is 0.222. The molecule has 0 aliphatic carbocycles. The Labute approximate surface area is 128 Å². The first-order valence-electron chi connectivity index (χ1n) is 7.71. The van der Waals surface area contributed by atoms with E-state index < -0.39 is 0 Å². The van der Waals surface area contributed by atoms with Crippen molar-refractivity contribution in [3.63, 3.8) is 0 Å². The molecule has 1 unspecified atom stereocenters. The molecule has 0 amide bonds. The first kappa shape index (κ1) is 15.7. The zero-order chi connectivity index (χ0) is 15.1. The van der Waals surface area contributed by atoms with E-state index in [4.69, 9.17) is 5.73 Å². The molecule has 0 fully saturated rings. The summed E-state index contributed by atoms with van der Waals surface area (Å²) in [6.07, 6.45) is 0. The number of nitrogens with zero attached hydrogens (tertiary/aromatic N) is 1. The Hall–Kier alpha value is -1.64. The number of nitrogens with two attached hydrogens (primary N) is 1. The molecule has 112 valence electrons. The molecule has 0 aliphatic rings. The molecule has 2 rings (SSSR count). The minimum Gasteiger partial charge on any atom is -0.326 e. The molecule has 0 spiro atoms. The summed E-state index contributed by atoms with van der Waals surface area (Å²) in [7, 11) is 0. The maximum Gasteiger partial charge on any atom is 0.0237 e. The first-order valence-corrected chi connectivity index (χ1v) is 7.71. The molecular weight excluding hydrogens is 256 g/mol. The fourth-order valence-corrected chi connectivity index (χ4v) is 2.38. The normalized spacial score (nSPS) is 12.8. The predicted octanol–water partition coefficient (Wildman–Crippen LogP) is 3.67. The third kappa shape index (κ3) is 5.33. The second-order valence-corrected chi connectivity index (χ2v) is 6.05. The molecule has 2 N–H and O–H groups in total. The maximum absolute atomic E-state index is 6.28. The summed E-state index contributed by atoms with van der Waals surface area (Å²) in [6.45, 7) is 7.18. The molecule has 1 atom stereocenters. The van der Waals surface area contributed by atoms with Crippen molar-refractivity contribution < 1.29 is 0 Å². The molecular formula is C19H26N2. The van der Waals surface area contributed by atoms with Gasteiger partial charge in [-0.25, -0.2) is 0 Å². The van der Waals surface area contributed by atoms with Gasteiger partial charge < -0.3 is 5.73 Å². The highest BCUT2D eigenvalue weighted by Gasteiger charge is 2.14. The lowest BCUT2D eigenvalue weighted by Gasteiger charge is -2.27. The minimum atomic E-state index is 0.206.